The Labute approximate surface area is 368 Å². The van der Waals surface area contributed by atoms with Crippen LogP contribution in [0.4, 0.5) is 0 Å². The molecule has 314 valence electrons. The average molecular weight is 816 g/mol. The molecule has 62 heavy (non-hydrogen) atoms. The lowest BCUT2D eigenvalue weighted by atomic mass is 9.70. The van der Waals surface area contributed by atoms with Crippen LogP contribution in [-0.2, 0) is 5.41 Å². The lowest BCUT2D eigenvalue weighted by Crippen LogP contribution is -2.25. The van der Waals surface area contributed by atoms with Gasteiger partial charge in [-0.05, 0) is 96.5 Å². The summed E-state index contributed by atoms with van der Waals surface area (Å²) in [4.78, 5) is 19.4. The molecule has 0 saturated carbocycles. The fourth-order valence-electron chi connectivity index (χ4n) is 10.3. The Kier molecular flexibility index (Phi) is 12.4. The van der Waals surface area contributed by atoms with Gasteiger partial charge in [-0.25, -0.2) is 19.9 Å². The van der Waals surface area contributed by atoms with Crippen LogP contribution < -0.4 is 0 Å². The van der Waals surface area contributed by atoms with Crippen LogP contribution in [0.5, 0.6) is 0 Å². The molecule has 0 N–H and O–H groups in total. The highest BCUT2D eigenvalue weighted by Crippen LogP contribution is 2.55. The van der Waals surface area contributed by atoms with Gasteiger partial charge in [0.2, 0.25) is 0 Å². The molecule has 3 aromatic heterocycles. The van der Waals surface area contributed by atoms with Crippen molar-refractivity contribution in [1.82, 2.24) is 24.5 Å². The first kappa shape index (κ1) is 41.4. The topological polar surface area (TPSA) is 56.5 Å². The van der Waals surface area contributed by atoms with E-state index < -0.39 is 0 Å². The summed E-state index contributed by atoms with van der Waals surface area (Å²) in [5.41, 5.74) is 15.7. The lowest BCUT2D eigenvalue weighted by Gasteiger charge is -2.33. The van der Waals surface area contributed by atoms with Crippen LogP contribution in [0, 0.1) is 13.8 Å². The van der Waals surface area contributed by atoms with Crippen LogP contribution in [0.25, 0.3) is 72.3 Å². The molecule has 5 heteroatoms. The summed E-state index contributed by atoms with van der Waals surface area (Å²) >= 11 is 0. The van der Waals surface area contributed by atoms with Crippen molar-refractivity contribution >= 4 is 21.8 Å². The second-order valence-electron chi connectivity index (χ2n) is 17.9. The van der Waals surface area contributed by atoms with E-state index in [2.05, 4.69) is 138 Å². The summed E-state index contributed by atoms with van der Waals surface area (Å²) in [5, 5.41) is 2.47. The fourth-order valence-corrected chi connectivity index (χ4v) is 10.3. The minimum atomic E-state index is 0.00545. The Balaban J connectivity index is 1.09. The van der Waals surface area contributed by atoms with Gasteiger partial charge in [0.1, 0.15) is 5.82 Å². The summed E-state index contributed by atoms with van der Waals surface area (Å²) in [7, 11) is 0. The van der Waals surface area contributed by atoms with Crippen LogP contribution in [0.1, 0.15) is 126 Å². The minimum absolute atomic E-state index is 0.00545. The van der Waals surface area contributed by atoms with E-state index in [1.54, 1.807) is 5.56 Å². The summed E-state index contributed by atoms with van der Waals surface area (Å²) in [6.45, 7) is 8.81. The van der Waals surface area contributed by atoms with E-state index in [0.29, 0.717) is 0 Å². The van der Waals surface area contributed by atoms with Gasteiger partial charge >= 0.3 is 0 Å². The number of unbranched alkanes of at least 4 members (excludes halogenated alkanes) is 10. The van der Waals surface area contributed by atoms with E-state index in [-0.39, 0.29) is 5.41 Å². The van der Waals surface area contributed by atoms with Crippen molar-refractivity contribution in [2.75, 3.05) is 0 Å². The van der Waals surface area contributed by atoms with E-state index >= 15 is 0 Å². The molecule has 1 aliphatic rings. The number of rotatable bonds is 18. The zero-order valence-corrected chi connectivity index (χ0v) is 37.3. The maximum atomic E-state index is 5.13. The molecule has 0 bridgehead atoms. The van der Waals surface area contributed by atoms with Crippen molar-refractivity contribution in [2.45, 2.75) is 123 Å². The fraction of sp³-hybridized carbons (Fsp3) is 0.333. The molecule has 0 aliphatic heterocycles. The molecule has 5 nitrogen and oxygen atoms in total. The van der Waals surface area contributed by atoms with Crippen molar-refractivity contribution in [3.63, 3.8) is 0 Å². The molecule has 8 aromatic rings. The molecular weight excluding hydrogens is 755 g/mol. The number of hydrogen-bond acceptors (Lipinski definition) is 4. The van der Waals surface area contributed by atoms with Gasteiger partial charge in [0.25, 0.3) is 0 Å². The number of benzene rings is 5. The van der Waals surface area contributed by atoms with Crippen LogP contribution in [0.3, 0.4) is 0 Å². The Morgan fingerprint density at radius 2 is 0.952 bits per heavy atom. The molecule has 0 saturated heterocycles. The largest absolute Gasteiger partial charge is 0.309 e. The van der Waals surface area contributed by atoms with Gasteiger partial charge in [-0.1, -0.05) is 163 Å². The number of nitrogens with zero attached hydrogens (tertiary/aromatic N) is 5. The third kappa shape index (κ3) is 8.22. The van der Waals surface area contributed by atoms with Gasteiger partial charge in [0.05, 0.1) is 11.0 Å². The Bertz CT molecular complexity index is 2730. The third-order valence-corrected chi connectivity index (χ3v) is 13.5. The molecular formula is C57H61N5. The normalized spacial score (nSPS) is 12.9. The number of aryl methyl sites for hydroxylation is 2. The zero-order valence-electron chi connectivity index (χ0n) is 37.3. The van der Waals surface area contributed by atoms with Crippen molar-refractivity contribution in [1.29, 1.82) is 0 Å². The predicted molar refractivity (Wildman–Crippen MR) is 260 cm³/mol. The first-order valence-electron chi connectivity index (χ1n) is 23.5. The first-order valence-corrected chi connectivity index (χ1v) is 23.5. The second kappa shape index (κ2) is 18.6. The standard InChI is InChI=1S/C57H61N5/c1-5-7-9-11-13-19-29-57(30-20-14-12-10-8-6-2)52-31-40(3)25-27-48(52)49-28-26-42(35-53(49)57)56-60-38-46(39-61-56)44-32-43(45-36-58-41(4)59-37-45)33-47(34-44)62-54-23-17-15-21-50(54)51-22-16-18-24-55(51)62/h15-18,21-28,31-39H,5-14,19-20,29-30H2,1-4H3. The number of fused-ring (bicyclic) bond motifs is 6. The van der Waals surface area contributed by atoms with Gasteiger partial charge in [0.15, 0.2) is 5.82 Å². The maximum absolute atomic E-state index is 5.13. The lowest BCUT2D eigenvalue weighted by molar-refractivity contribution is 0.398. The molecule has 9 rings (SSSR count). The number of para-hydroxylation sites is 2. The average Bonchev–Trinajstić information content (AvgIpc) is 3.78. The van der Waals surface area contributed by atoms with E-state index in [1.165, 1.54) is 134 Å². The van der Waals surface area contributed by atoms with E-state index in [4.69, 9.17) is 9.97 Å². The molecule has 5 aromatic carbocycles. The van der Waals surface area contributed by atoms with Crippen LogP contribution >= 0.6 is 0 Å². The molecule has 0 fully saturated rings. The van der Waals surface area contributed by atoms with Gasteiger partial charge in [-0.3, -0.25) is 0 Å². The van der Waals surface area contributed by atoms with E-state index in [9.17, 15) is 0 Å². The Morgan fingerprint density at radius 3 is 1.53 bits per heavy atom. The highest BCUT2D eigenvalue weighted by atomic mass is 15.0. The van der Waals surface area contributed by atoms with Gasteiger partial charge in [0, 0.05) is 63.4 Å². The highest BCUT2D eigenvalue weighted by molar-refractivity contribution is 6.09. The van der Waals surface area contributed by atoms with Crippen LogP contribution in [0.15, 0.2) is 128 Å². The third-order valence-electron chi connectivity index (χ3n) is 13.5. The summed E-state index contributed by atoms with van der Waals surface area (Å²) < 4.78 is 2.37. The number of aromatic nitrogens is 5. The second-order valence-corrected chi connectivity index (χ2v) is 17.9. The quantitative estimate of drug-likeness (QED) is 0.0810. The first-order chi connectivity index (χ1) is 30.5. The van der Waals surface area contributed by atoms with Gasteiger partial charge in [-0.15, -0.1) is 0 Å². The summed E-state index contributed by atoms with van der Waals surface area (Å²) in [5.74, 6) is 1.52. The SMILES string of the molecule is CCCCCCCCC1(CCCCCCCC)c2cc(C)ccc2-c2ccc(-c3ncc(-c4cc(-c5cnc(C)nc5)cc(-n5c6ccccc6c6ccccc65)c4)cn3)cc21. The van der Waals surface area contributed by atoms with Gasteiger partial charge < -0.3 is 4.57 Å². The molecule has 1 aliphatic carbocycles. The van der Waals surface area contributed by atoms with Crippen molar-refractivity contribution in [3.05, 3.63) is 150 Å². The molecule has 3 heterocycles. The number of hydrogen-bond donors (Lipinski definition) is 0. The minimum Gasteiger partial charge on any atom is -0.309 e. The van der Waals surface area contributed by atoms with Crippen molar-refractivity contribution in [2.24, 2.45) is 0 Å². The monoisotopic (exact) mass is 815 g/mol. The Hall–Kier alpha value is -5.94. The Morgan fingerprint density at radius 1 is 0.452 bits per heavy atom. The maximum Gasteiger partial charge on any atom is 0.159 e. The van der Waals surface area contributed by atoms with E-state index in [0.717, 1.165) is 45.2 Å². The predicted octanol–water partition coefficient (Wildman–Crippen LogP) is 15.7. The highest BCUT2D eigenvalue weighted by Gasteiger charge is 2.42. The molecule has 0 amide bonds. The molecule has 0 spiro atoms. The summed E-state index contributed by atoms with van der Waals surface area (Å²) in [6.07, 6.45) is 25.9. The molecule has 0 unspecified atom stereocenters. The zero-order chi connectivity index (χ0) is 42.5. The van der Waals surface area contributed by atoms with Crippen molar-refractivity contribution in [3.8, 4) is 50.5 Å². The molecule has 0 radical (unpaired) electrons. The van der Waals surface area contributed by atoms with Crippen LogP contribution in [0.2, 0.25) is 0 Å². The smallest absolute Gasteiger partial charge is 0.159 e. The molecule has 0 atom stereocenters. The van der Waals surface area contributed by atoms with E-state index in [1.807, 2.05) is 31.7 Å². The van der Waals surface area contributed by atoms with Crippen LogP contribution in [-0.4, -0.2) is 24.5 Å². The summed E-state index contributed by atoms with van der Waals surface area (Å²) in [6, 6.07) is 38.4. The van der Waals surface area contributed by atoms with Crippen molar-refractivity contribution < 1.29 is 0 Å². The van der Waals surface area contributed by atoms with Gasteiger partial charge in [-0.2, -0.15) is 0 Å².